The van der Waals surface area contributed by atoms with E-state index in [-0.39, 0.29) is 0 Å². The van der Waals surface area contributed by atoms with E-state index < -0.39 is 5.60 Å². The van der Waals surface area contributed by atoms with Gasteiger partial charge in [-0.3, -0.25) is 4.90 Å². The number of aliphatic hydroxyl groups is 1. The van der Waals surface area contributed by atoms with E-state index in [1.807, 2.05) is 13.8 Å². The highest BCUT2D eigenvalue weighted by Crippen LogP contribution is 2.32. The van der Waals surface area contributed by atoms with Crippen molar-refractivity contribution in [3.8, 4) is 0 Å². The van der Waals surface area contributed by atoms with Crippen LogP contribution in [0.3, 0.4) is 0 Å². The Morgan fingerprint density at radius 1 is 1.38 bits per heavy atom. The van der Waals surface area contributed by atoms with Crippen LogP contribution in [0.15, 0.2) is 0 Å². The molecule has 1 rings (SSSR count). The van der Waals surface area contributed by atoms with Crippen LogP contribution in [-0.2, 0) is 0 Å². The SMILES string of the molecule is CC(CC(C)(C)O)N1CC(C)(C)C1. The first-order valence-electron chi connectivity index (χ1n) is 5.16. The molecule has 0 aliphatic carbocycles. The molecule has 0 spiro atoms. The van der Waals surface area contributed by atoms with E-state index in [2.05, 4.69) is 25.7 Å². The van der Waals surface area contributed by atoms with Gasteiger partial charge in [0.05, 0.1) is 5.60 Å². The van der Waals surface area contributed by atoms with Crippen LogP contribution in [0.4, 0.5) is 0 Å². The van der Waals surface area contributed by atoms with Gasteiger partial charge in [0.25, 0.3) is 0 Å². The molecule has 1 aliphatic heterocycles. The summed E-state index contributed by atoms with van der Waals surface area (Å²) in [7, 11) is 0. The Balaban J connectivity index is 2.31. The highest BCUT2D eigenvalue weighted by Gasteiger charge is 2.37. The van der Waals surface area contributed by atoms with Crippen molar-refractivity contribution in [3.63, 3.8) is 0 Å². The summed E-state index contributed by atoms with van der Waals surface area (Å²) in [6.07, 6.45) is 0.864. The smallest absolute Gasteiger partial charge is 0.0606 e. The molecule has 1 N–H and O–H groups in total. The minimum atomic E-state index is -0.529. The second-order valence-electron chi connectivity index (χ2n) is 5.93. The van der Waals surface area contributed by atoms with Gasteiger partial charge in [0.1, 0.15) is 0 Å². The largest absolute Gasteiger partial charge is 0.390 e. The zero-order chi connectivity index (χ0) is 10.3. The van der Waals surface area contributed by atoms with Gasteiger partial charge in [-0.25, -0.2) is 0 Å². The van der Waals surface area contributed by atoms with E-state index >= 15 is 0 Å². The Morgan fingerprint density at radius 2 is 1.85 bits per heavy atom. The minimum Gasteiger partial charge on any atom is -0.390 e. The molecule has 1 fully saturated rings. The standard InChI is InChI=1S/C11H23NO/c1-9(6-11(4,5)13)12-7-10(2,3)8-12/h9,13H,6-8H2,1-5H3. The number of hydrogen-bond acceptors (Lipinski definition) is 2. The molecule has 0 aromatic rings. The Morgan fingerprint density at radius 3 is 2.15 bits per heavy atom. The van der Waals surface area contributed by atoms with Gasteiger partial charge in [-0.2, -0.15) is 0 Å². The van der Waals surface area contributed by atoms with Crippen LogP contribution < -0.4 is 0 Å². The quantitative estimate of drug-likeness (QED) is 0.725. The minimum absolute atomic E-state index is 0.494. The Kier molecular flexibility index (Phi) is 2.75. The molecule has 13 heavy (non-hydrogen) atoms. The molecule has 1 atom stereocenters. The fourth-order valence-electron chi connectivity index (χ4n) is 2.22. The Hall–Kier alpha value is -0.0800. The van der Waals surface area contributed by atoms with E-state index in [9.17, 15) is 5.11 Å². The van der Waals surface area contributed by atoms with Gasteiger partial charge in [-0.15, -0.1) is 0 Å². The predicted octanol–water partition coefficient (Wildman–Crippen LogP) is 1.88. The molecule has 0 aromatic heterocycles. The van der Waals surface area contributed by atoms with E-state index in [0.717, 1.165) is 6.42 Å². The van der Waals surface area contributed by atoms with Gasteiger partial charge >= 0.3 is 0 Å². The van der Waals surface area contributed by atoms with Crippen LogP contribution in [0, 0.1) is 5.41 Å². The van der Waals surface area contributed by atoms with Crippen molar-refractivity contribution >= 4 is 0 Å². The van der Waals surface area contributed by atoms with E-state index in [0.29, 0.717) is 11.5 Å². The summed E-state index contributed by atoms with van der Waals surface area (Å²) in [6.45, 7) is 12.9. The Labute approximate surface area is 81.9 Å². The molecule has 0 aromatic carbocycles. The Bertz CT molecular complexity index is 173. The molecule has 2 heteroatoms. The zero-order valence-corrected chi connectivity index (χ0v) is 9.59. The molecule has 0 bridgehead atoms. The first kappa shape index (κ1) is 11.0. The molecule has 0 amide bonds. The second-order valence-corrected chi connectivity index (χ2v) is 5.93. The maximum Gasteiger partial charge on any atom is 0.0606 e. The number of hydrogen-bond donors (Lipinski definition) is 1. The molecule has 78 valence electrons. The molecule has 1 saturated heterocycles. The maximum absolute atomic E-state index is 9.66. The third-order valence-corrected chi connectivity index (χ3v) is 2.68. The fraction of sp³-hybridized carbons (Fsp3) is 1.00. The van der Waals surface area contributed by atoms with Crippen LogP contribution >= 0.6 is 0 Å². The van der Waals surface area contributed by atoms with Crippen molar-refractivity contribution in [3.05, 3.63) is 0 Å². The third-order valence-electron chi connectivity index (χ3n) is 2.68. The van der Waals surface area contributed by atoms with Gasteiger partial charge in [-0.05, 0) is 32.6 Å². The first-order valence-corrected chi connectivity index (χ1v) is 5.16. The fourth-order valence-corrected chi connectivity index (χ4v) is 2.22. The van der Waals surface area contributed by atoms with Gasteiger partial charge in [0, 0.05) is 19.1 Å². The van der Waals surface area contributed by atoms with E-state index in [4.69, 9.17) is 0 Å². The molecule has 2 nitrogen and oxygen atoms in total. The van der Waals surface area contributed by atoms with Crippen LogP contribution in [0.2, 0.25) is 0 Å². The topological polar surface area (TPSA) is 23.5 Å². The summed E-state index contributed by atoms with van der Waals surface area (Å²) < 4.78 is 0. The van der Waals surface area contributed by atoms with Crippen LogP contribution in [0.25, 0.3) is 0 Å². The summed E-state index contributed by atoms with van der Waals surface area (Å²) in [6, 6.07) is 0.507. The summed E-state index contributed by atoms with van der Waals surface area (Å²) in [5.74, 6) is 0. The normalized spacial score (nSPS) is 25.4. The van der Waals surface area contributed by atoms with Crippen molar-refractivity contribution in [1.82, 2.24) is 4.90 Å². The monoisotopic (exact) mass is 185 g/mol. The van der Waals surface area contributed by atoms with E-state index in [1.54, 1.807) is 0 Å². The molecule has 0 radical (unpaired) electrons. The molecule has 0 saturated carbocycles. The van der Waals surface area contributed by atoms with Crippen LogP contribution in [0.5, 0.6) is 0 Å². The maximum atomic E-state index is 9.66. The van der Waals surface area contributed by atoms with E-state index in [1.165, 1.54) is 13.1 Å². The summed E-state index contributed by atoms with van der Waals surface area (Å²) >= 11 is 0. The van der Waals surface area contributed by atoms with Crippen molar-refractivity contribution in [2.24, 2.45) is 5.41 Å². The predicted molar refractivity (Wildman–Crippen MR) is 55.7 cm³/mol. The highest BCUT2D eigenvalue weighted by atomic mass is 16.3. The molecular weight excluding hydrogens is 162 g/mol. The number of rotatable bonds is 3. The van der Waals surface area contributed by atoms with Crippen molar-refractivity contribution in [2.75, 3.05) is 13.1 Å². The molecule has 1 aliphatic rings. The lowest BCUT2D eigenvalue weighted by Crippen LogP contribution is -2.57. The summed E-state index contributed by atoms with van der Waals surface area (Å²) in [5.41, 5.74) is -0.0347. The lowest BCUT2D eigenvalue weighted by Gasteiger charge is -2.50. The van der Waals surface area contributed by atoms with Crippen LogP contribution in [-0.4, -0.2) is 34.7 Å². The van der Waals surface area contributed by atoms with Gasteiger partial charge in [-0.1, -0.05) is 13.8 Å². The molecular formula is C11H23NO. The summed E-state index contributed by atoms with van der Waals surface area (Å²) in [5, 5.41) is 9.66. The number of nitrogens with zero attached hydrogens (tertiary/aromatic N) is 1. The second kappa shape index (κ2) is 3.25. The number of likely N-dealkylation sites (tertiary alicyclic amines) is 1. The average Bonchev–Trinajstić information content (AvgIpc) is 1.77. The van der Waals surface area contributed by atoms with Crippen molar-refractivity contribution < 1.29 is 5.11 Å². The third kappa shape index (κ3) is 3.28. The first-order chi connectivity index (χ1) is 5.70. The lowest BCUT2D eigenvalue weighted by atomic mass is 9.82. The highest BCUT2D eigenvalue weighted by molar-refractivity contribution is 4.91. The zero-order valence-electron chi connectivity index (χ0n) is 9.59. The average molecular weight is 185 g/mol. The van der Waals surface area contributed by atoms with Crippen LogP contribution in [0.1, 0.15) is 41.0 Å². The van der Waals surface area contributed by atoms with Gasteiger partial charge in [0.2, 0.25) is 0 Å². The molecule has 1 unspecified atom stereocenters. The lowest BCUT2D eigenvalue weighted by molar-refractivity contribution is -0.0336. The molecule has 1 heterocycles. The van der Waals surface area contributed by atoms with Crippen molar-refractivity contribution in [2.45, 2.75) is 52.7 Å². The van der Waals surface area contributed by atoms with Gasteiger partial charge in [0.15, 0.2) is 0 Å². The van der Waals surface area contributed by atoms with Crippen molar-refractivity contribution in [1.29, 1.82) is 0 Å². The summed E-state index contributed by atoms with van der Waals surface area (Å²) in [4.78, 5) is 2.44. The van der Waals surface area contributed by atoms with Gasteiger partial charge < -0.3 is 5.11 Å².